The maximum Gasteiger partial charge on any atom is 0.0547 e. The van der Waals surface area contributed by atoms with Crippen LogP contribution in [0.15, 0.2) is 42.6 Å². The molecule has 3 nitrogen and oxygen atoms in total. The zero-order valence-corrected chi connectivity index (χ0v) is 13.6. The molecule has 2 rings (SSSR count). The third-order valence-electron chi connectivity index (χ3n) is 4.41. The summed E-state index contributed by atoms with van der Waals surface area (Å²) in [6.07, 6.45) is 4.23. The monoisotopic (exact) mass is 285 g/mol. The summed E-state index contributed by atoms with van der Waals surface area (Å²) in [5.41, 5.74) is 2.60. The highest BCUT2D eigenvalue weighted by atomic mass is 15.3. The molecule has 0 saturated heterocycles. The predicted molar refractivity (Wildman–Crippen MR) is 88.0 cm³/mol. The van der Waals surface area contributed by atoms with E-state index in [4.69, 9.17) is 0 Å². The van der Waals surface area contributed by atoms with E-state index in [-0.39, 0.29) is 6.04 Å². The fourth-order valence-corrected chi connectivity index (χ4v) is 3.09. The first-order chi connectivity index (χ1) is 10.2. The van der Waals surface area contributed by atoms with Gasteiger partial charge in [-0.3, -0.25) is 4.68 Å². The molecular formula is C18H27N3. The fourth-order valence-electron chi connectivity index (χ4n) is 3.09. The normalized spacial score (nSPS) is 14.3. The van der Waals surface area contributed by atoms with Crippen molar-refractivity contribution in [2.75, 3.05) is 0 Å². The van der Waals surface area contributed by atoms with Crippen molar-refractivity contribution in [1.82, 2.24) is 15.1 Å². The Labute approximate surface area is 128 Å². The van der Waals surface area contributed by atoms with E-state index in [1.807, 2.05) is 17.9 Å². The van der Waals surface area contributed by atoms with Crippen molar-refractivity contribution in [3.8, 4) is 0 Å². The summed E-state index contributed by atoms with van der Waals surface area (Å²) >= 11 is 0. The topological polar surface area (TPSA) is 29.9 Å². The van der Waals surface area contributed by atoms with E-state index in [0.29, 0.717) is 12.0 Å². The maximum atomic E-state index is 4.28. The Kier molecular flexibility index (Phi) is 5.57. The Balaban J connectivity index is 2.22. The largest absolute Gasteiger partial charge is 0.302 e. The van der Waals surface area contributed by atoms with Gasteiger partial charge >= 0.3 is 0 Å². The van der Waals surface area contributed by atoms with Crippen molar-refractivity contribution in [3.63, 3.8) is 0 Å². The quantitative estimate of drug-likeness (QED) is 0.824. The third-order valence-corrected chi connectivity index (χ3v) is 4.41. The van der Waals surface area contributed by atoms with Gasteiger partial charge in [-0.25, -0.2) is 0 Å². The molecule has 114 valence electrons. The van der Waals surface area contributed by atoms with Gasteiger partial charge in [0.1, 0.15) is 0 Å². The minimum Gasteiger partial charge on any atom is -0.302 e. The SMILES string of the molecule is CCC(CC)C(NC(C)c1ccnn1C)c1ccccc1. The summed E-state index contributed by atoms with van der Waals surface area (Å²) in [6, 6.07) is 13.5. The molecule has 0 fully saturated rings. The molecule has 0 bridgehead atoms. The highest BCUT2D eigenvalue weighted by molar-refractivity contribution is 5.20. The summed E-state index contributed by atoms with van der Waals surface area (Å²) in [6.45, 7) is 6.77. The van der Waals surface area contributed by atoms with Crippen molar-refractivity contribution in [2.45, 2.75) is 45.7 Å². The van der Waals surface area contributed by atoms with Crippen LogP contribution >= 0.6 is 0 Å². The number of hydrogen-bond donors (Lipinski definition) is 1. The van der Waals surface area contributed by atoms with Crippen LogP contribution in [0.2, 0.25) is 0 Å². The van der Waals surface area contributed by atoms with Gasteiger partial charge in [0.2, 0.25) is 0 Å². The molecule has 0 amide bonds. The highest BCUT2D eigenvalue weighted by Crippen LogP contribution is 2.30. The van der Waals surface area contributed by atoms with E-state index in [9.17, 15) is 0 Å². The smallest absolute Gasteiger partial charge is 0.0547 e. The van der Waals surface area contributed by atoms with E-state index in [2.05, 4.69) is 67.6 Å². The molecule has 1 aromatic carbocycles. The molecule has 0 aliphatic rings. The lowest BCUT2D eigenvalue weighted by molar-refractivity contribution is 0.311. The Bertz CT molecular complexity index is 528. The predicted octanol–water partition coefficient (Wildman–Crippen LogP) is 4.25. The first kappa shape index (κ1) is 15.8. The first-order valence-electron chi connectivity index (χ1n) is 7.96. The van der Waals surface area contributed by atoms with E-state index in [0.717, 1.165) is 0 Å². The number of nitrogens with one attached hydrogen (secondary N) is 1. The van der Waals surface area contributed by atoms with E-state index >= 15 is 0 Å². The molecule has 21 heavy (non-hydrogen) atoms. The second-order valence-electron chi connectivity index (χ2n) is 5.73. The second kappa shape index (κ2) is 7.41. The molecule has 0 aliphatic carbocycles. The maximum absolute atomic E-state index is 4.28. The minimum absolute atomic E-state index is 0.281. The Morgan fingerprint density at radius 1 is 1.10 bits per heavy atom. The molecule has 1 heterocycles. The van der Waals surface area contributed by atoms with Gasteiger partial charge in [0.05, 0.1) is 5.69 Å². The van der Waals surface area contributed by atoms with Crippen LogP contribution in [0, 0.1) is 5.92 Å². The van der Waals surface area contributed by atoms with Gasteiger partial charge in [-0.05, 0) is 24.5 Å². The number of benzene rings is 1. The molecule has 1 aromatic heterocycles. The lowest BCUT2D eigenvalue weighted by atomic mass is 9.88. The third kappa shape index (κ3) is 3.73. The van der Waals surface area contributed by atoms with Crippen LogP contribution in [-0.4, -0.2) is 9.78 Å². The summed E-state index contributed by atoms with van der Waals surface area (Å²) in [5.74, 6) is 0.642. The molecule has 0 radical (unpaired) electrons. The molecular weight excluding hydrogens is 258 g/mol. The average molecular weight is 285 g/mol. The van der Waals surface area contributed by atoms with Gasteiger partial charge in [0.25, 0.3) is 0 Å². The number of aryl methyl sites for hydroxylation is 1. The van der Waals surface area contributed by atoms with Crippen LogP contribution < -0.4 is 5.32 Å². The van der Waals surface area contributed by atoms with Crippen LogP contribution in [0.1, 0.15) is 57.0 Å². The number of rotatable bonds is 7. The van der Waals surface area contributed by atoms with Gasteiger partial charge in [-0.1, -0.05) is 57.0 Å². The van der Waals surface area contributed by atoms with Gasteiger partial charge in [-0.2, -0.15) is 5.10 Å². The minimum atomic E-state index is 0.281. The van der Waals surface area contributed by atoms with Crippen LogP contribution in [0.4, 0.5) is 0 Å². The second-order valence-corrected chi connectivity index (χ2v) is 5.73. The molecule has 3 heteroatoms. The van der Waals surface area contributed by atoms with Crippen LogP contribution in [-0.2, 0) is 7.05 Å². The van der Waals surface area contributed by atoms with Crippen molar-refractivity contribution in [1.29, 1.82) is 0 Å². The van der Waals surface area contributed by atoms with Gasteiger partial charge < -0.3 is 5.32 Å². The van der Waals surface area contributed by atoms with Crippen molar-refractivity contribution in [3.05, 3.63) is 53.9 Å². The first-order valence-corrected chi connectivity index (χ1v) is 7.96. The molecule has 0 saturated carbocycles. The lowest BCUT2D eigenvalue weighted by Gasteiger charge is -2.30. The fraction of sp³-hybridized carbons (Fsp3) is 0.500. The van der Waals surface area contributed by atoms with Crippen molar-refractivity contribution < 1.29 is 0 Å². The van der Waals surface area contributed by atoms with Crippen molar-refractivity contribution >= 4 is 0 Å². The molecule has 1 N–H and O–H groups in total. The summed E-state index contributed by atoms with van der Waals surface area (Å²) in [5, 5.41) is 8.10. The van der Waals surface area contributed by atoms with Crippen LogP contribution in [0.5, 0.6) is 0 Å². The Morgan fingerprint density at radius 2 is 1.76 bits per heavy atom. The summed E-state index contributed by atoms with van der Waals surface area (Å²) < 4.78 is 1.95. The zero-order chi connectivity index (χ0) is 15.2. The molecule has 2 atom stereocenters. The standard InChI is InChI=1S/C18H27N3/c1-5-15(6-2)18(16-10-8-7-9-11-16)20-14(3)17-12-13-19-21(17)4/h7-15,18,20H,5-6H2,1-4H3. The number of hydrogen-bond acceptors (Lipinski definition) is 2. The van der Waals surface area contributed by atoms with Gasteiger partial charge in [0, 0.05) is 25.3 Å². The van der Waals surface area contributed by atoms with Crippen LogP contribution in [0.3, 0.4) is 0 Å². The van der Waals surface area contributed by atoms with E-state index in [1.54, 1.807) is 0 Å². The lowest BCUT2D eigenvalue weighted by Crippen LogP contribution is -2.31. The van der Waals surface area contributed by atoms with Crippen molar-refractivity contribution in [2.24, 2.45) is 13.0 Å². The highest BCUT2D eigenvalue weighted by Gasteiger charge is 2.23. The molecule has 2 unspecified atom stereocenters. The molecule has 0 aliphatic heterocycles. The van der Waals surface area contributed by atoms with E-state index in [1.165, 1.54) is 24.1 Å². The number of aromatic nitrogens is 2. The van der Waals surface area contributed by atoms with Crippen LogP contribution in [0.25, 0.3) is 0 Å². The zero-order valence-electron chi connectivity index (χ0n) is 13.6. The number of nitrogens with zero attached hydrogens (tertiary/aromatic N) is 2. The van der Waals surface area contributed by atoms with E-state index < -0.39 is 0 Å². The van der Waals surface area contributed by atoms with Gasteiger partial charge in [-0.15, -0.1) is 0 Å². The average Bonchev–Trinajstić information content (AvgIpc) is 2.94. The van der Waals surface area contributed by atoms with Gasteiger partial charge in [0.15, 0.2) is 0 Å². The molecule has 0 spiro atoms. The Morgan fingerprint density at radius 3 is 2.29 bits per heavy atom. The molecule has 2 aromatic rings. The summed E-state index contributed by atoms with van der Waals surface area (Å²) in [7, 11) is 2.00. The summed E-state index contributed by atoms with van der Waals surface area (Å²) in [4.78, 5) is 0. The Hall–Kier alpha value is -1.61.